The topological polar surface area (TPSA) is 190 Å². The molecule has 1 aromatic carbocycles. The SMILES string of the molecule is CC[C@H]1O[C@@]2(C)[C@H](OC(C)=O)[C@@]1(C)O[C@@H](/C=C/C=C/C=C/c1oc(=O)cc(OC)c1C)[C@@H]2OC(=O)CCCC(=O)OCc1c(-c2ccccc2)no[n+]1[O-]. The third kappa shape index (κ3) is 8.63. The molecule has 0 unspecified atom stereocenters. The Hall–Kier alpha value is -5.54. The van der Waals surface area contributed by atoms with E-state index in [-0.39, 0.29) is 42.2 Å². The molecule has 0 amide bonds. The van der Waals surface area contributed by atoms with Crippen LogP contribution in [0.2, 0.25) is 0 Å². The number of fused-ring (bicyclic) bond motifs is 2. The van der Waals surface area contributed by atoms with E-state index in [1.165, 1.54) is 20.1 Å². The summed E-state index contributed by atoms with van der Waals surface area (Å²) in [7, 11) is 1.47. The Morgan fingerprint density at radius 3 is 2.43 bits per heavy atom. The number of carbonyl (C=O) groups excluding carboxylic acids is 3. The number of benzene rings is 1. The van der Waals surface area contributed by atoms with E-state index in [0.717, 1.165) is 0 Å². The quantitative estimate of drug-likeness (QED) is 0.0887. The van der Waals surface area contributed by atoms with Gasteiger partial charge in [-0.05, 0) is 44.6 Å². The highest BCUT2D eigenvalue weighted by Gasteiger charge is 2.71. The summed E-state index contributed by atoms with van der Waals surface area (Å²) in [6, 6.07) is 10.1. The molecule has 15 heteroatoms. The van der Waals surface area contributed by atoms with Gasteiger partial charge in [0.15, 0.2) is 18.8 Å². The van der Waals surface area contributed by atoms with Crippen LogP contribution in [0.3, 0.4) is 0 Å². The number of allylic oxidation sites excluding steroid dienone is 4. The van der Waals surface area contributed by atoms with Crippen LogP contribution in [0.5, 0.6) is 5.75 Å². The van der Waals surface area contributed by atoms with Crippen LogP contribution in [0, 0.1) is 12.1 Å². The first-order chi connectivity index (χ1) is 25.8. The van der Waals surface area contributed by atoms with Crippen LogP contribution in [0.1, 0.15) is 70.4 Å². The normalized spacial score (nSPS) is 25.0. The monoisotopic (exact) mass is 748 g/mol. The van der Waals surface area contributed by atoms with Gasteiger partial charge in [-0.15, -0.1) is 0 Å². The van der Waals surface area contributed by atoms with Crippen molar-refractivity contribution in [2.24, 2.45) is 0 Å². The molecule has 15 nitrogen and oxygen atoms in total. The highest BCUT2D eigenvalue weighted by atomic mass is 16.8. The molecule has 2 fully saturated rings. The van der Waals surface area contributed by atoms with Crippen molar-refractivity contribution >= 4 is 24.0 Å². The van der Waals surface area contributed by atoms with Crippen molar-refractivity contribution in [3.63, 3.8) is 0 Å². The molecule has 0 spiro atoms. The largest absolute Gasteiger partial charge is 0.496 e. The zero-order valence-electron chi connectivity index (χ0n) is 31.0. The summed E-state index contributed by atoms with van der Waals surface area (Å²) in [5.41, 5.74) is -1.31. The van der Waals surface area contributed by atoms with Crippen LogP contribution in [0.4, 0.5) is 0 Å². The van der Waals surface area contributed by atoms with Gasteiger partial charge in [0.05, 0.1) is 19.3 Å². The van der Waals surface area contributed by atoms with E-state index in [1.807, 2.05) is 19.9 Å². The molecule has 2 aliphatic heterocycles. The fourth-order valence-electron chi connectivity index (χ4n) is 6.84. The molecule has 3 aromatic rings. The van der Waals surface area contributed by atoms with Crippen LogP contribution >= 0.6 is 0 Å². The van der Waals surface area contributed by atoms with Crippen molar-refractivity contribution < 1.29 is 56.8 Å². The molecule has 2 aromatic heterocycles. The van der Waals surface area contributed by atoms with E-state index < -0.39 is 59.2 Å². The lowest BCUT2D eigenvalue weighted by molar-refractivity contribution is -0.808. The van der Waals surface area contributed by atoms with Crippen molar-refractivity contribution in [1.29, 1.82) is 0 Å². The Labute approximate surface area is 311 Å². The second kappa shape index (κ2) is 17.1. The van der Waals surface area contributed by atoms with Crippen molar-refractivity contribution in [2.45, 2.75) is 103 Å². The number of methoxy groups -OCH3 is 1. The molecule has 54 heavy (non-hydrogen) atoms. The molecule has 2 saturated heterocycles. The molecule has 6 atom stereocenters. The average Bonchev–Trinajstić information content (AvgIpc) is 3.58. The second-order valence-electron chi connectivity index (χ2n) is 13.2. The fourth-order valence-corrected chi connectivity index (χ4v) is 6.84. The number of nitrogens with zero attached hydrogens (tertiary/aromatic N) is 2. The highest BCUT2D eigenvalue weighted by molar-refractivity contribution is 5.73. The number of rotatable bonds is 15. The summed E-state index contributed by atoms with van der Waals surface area (Å²) in [5, 5.41) is 15.9. The Bertz CT molecular complexity index is 1970. The summed E-state index contributed by atoms with van der Waals surface area (Å²) < 4.78 is 45.3. The van der Waals surface area contributed by atoms with Crippen LogP contribution in [0.15, 0.2) is 80.6 Å². The van der Waals surface area contributed by atoms with Crippen molar-refractivity contribution in [3.05, 3.63) is 99.4 Å². The number of aromatic nitrogens is 2. The maximum Gasteiger partial charge on any atom is 0.339 e. The van der Waals surface area contributed by atoms with Gasteiger partial charge in [-0.1, -0.05) is 67.6 Å². The minimum atomic E-state index is -1.28. The van der Waals surface area contributed by atoms with Crippen molar-refractivity contribution in [2.75, 3.05) is 7.11 Å². The van der Waals surface area contributed by atoms with Gasteiger partial charge in [0.25, 0.3) is 5.69 Å². The first-order valence-corrected chi connectivity index (χ1v) is 17.5. The van der Waals surface area contributed by atoms with Gasteiger partial charge in [-0.2, -0.15) is 0 Å². The van der Waals surface area contributed by atoms with E-state index in [1.54, 1.807) is 74.6 Å². The molecule has 288 valence electrons. The van der Waals surface area contributed by atoms with Gasteiger partial charge in [0.1, 0.15) is 28.8 Å². The fraction of sp³-hybridized carbons (Fsp3) is 0.436. The van der Waals surface area contributed by atoms with Gasteiger partial charge in [-0.3, -0.25) is 19.0 Å². The zero-order chi connectivity index (χ0) is 39.0. The van der Waals surface area contributed by atoms with Gasteiger partial charge in [0.2, 0.25) is 5.69 Å². The maximum absolute atomic E-state index is 13.3. The molecule has 2 aliphatic rings. The number of esters is 3. The van der Waals surface area contributed by atoms with E-state index in [4.69, 9.17) is 37.5 Å². The Morgan fingerprint density at radius 1 is 1.00 bits per heavy atom. The van der Waals surface area contributed by atoms with Gasteiger partial charge >= 0.3 is 23.5 Å². The minimum Gasteiger partial charge on any atom is -0.496 e. The van der Waals surface area contributed by atoms with E-state index >= 15 is 0 Å². The summed E-state index contributed by atoms with van der Waals surface area (Å²) in [6.45, 7) is 8.14. The summed E-state index contributed by atoms with van der Waals surface area (Å²) >= 11 is 0. The number of hydrogen-bond acceptors (Lipinski definition) is 14. The predicted molar refractivity (Wildman–Crippen MR) is 190 cm³/mol. The average molecular weight is 749 g/mol. The number of ether oxygens (including phenoxy) is 6. The van der Waals surface area contributed by atoms with E-state index in [0.29, 0.717) is 29.1 Å². The standard InChI is InChI=1S/C39H44N2O13/c1-7-31-38(4)37(49-25(3)42)39(5,53-31)36(29(52-38)19-14-9-8-13-18-28-24(2)30(47-6)22-34(45)50-28)51-33(44)21-15-20-32(43)48-23-27-35(40-54-41(27)46)26-16-11-10-12-17-26/h8-14,16-19,22,29,31,36-37H,7,15,20-21,23H2,1-6H3/b9-8+,18-13+,19-14+/t29-,31+,36-,37+,38-,39+/m0/s1. The number of hydrogen-bond donors (Lipinski definition) is 0. The Balaban J connectivity index is 1.25. The lowest BCUT2D eigenvalue weighted by Gasteiger charge is -2.48. The molecular formula is C39H44N2O13. The summed E-state index contributed by atoms with van der Waals surface area (Å²) in [4.78, 5) is 50.2. The molecule has 0 saturated carbocycles. The molecule has 5 rings (SSSR count). The molecule has 0 radical (unpaired) electrons. The molecule has 0 N–H and O–H groups in total. The lowest BCUT2D eigenvalue weighted by Crippen LogP contribution is -2.66. The third-order valence-corrected chi connectivity index (χ3v) is 9.42. The second-order valence-corrected chi connectivity index (χ2v) is 13.2. The maximum atomic E-state index is 13.3. The number of carbonyl (C=O) groups is 3. The molecular weight excluding hydrogens is 704 g/mol. The van der Waals surface area contributed by atoms with Crippen LogP contribution < -0.4 is 15.3 Å². The molecule has 4 heterocycles. The first-order valence-electron chi connectivity index (χ1n) is 17.5. The van der Waals surface area contributed by atoms with Crippen molar-refractivity contribution in [1.82, 2.24) is 5.16 Å². The van der Waals surface area contributed by atoms with Crippen LogP contribution in [0.25, 0.3) is 17.3 Å². The molecule has 0 aliphatic carbocycles. The minimum absolute atomic E-state index is 0.0288. The van der Waals surface area contributed by atoms with Gasteiger partial charge < -0.3 is 38.0 Å². The van der Waals surface area contributed by atoms with E-state index in [9.17, 15) is 24.4 Å². The lowest BCUT2D eigenvalue weighted by atomic mass is 9.77. The first kappa shape index (κ1) is 39.7. The smallest absolute Gasteiger partial charge is 0.339 e. The highest BCUT2D eigenvalue weighted by Crippen LogP contribution is 2.52. The van der Waals surface area contributed by atoms with Gasteiger partial charge in [0, 0.05) is 36.0 Å². The Kier molecular flexibility index (Phi) is 12.5. The summed E-state index contributed by atoms with van der Waals surface area (Å²) in [6.07, 6.45) is 7.26. The summed E-state index contributed by atoms with van der Waals surface area (Å²) in [5.74, 6) is -1.05. The van der Waals surface area contributed by atoms with Crippen molar-refractivity contribution in [3.8, 4) is 17.0 Å². The predicted octanol–water partition coefficient (Wildman–Crippen LogP) is 4.85. The third-order valence-electron chi connectivity index (χ3n) is 9.42. The molecule has 2 bridgehead atoms. The zero-order valence-corrected chi connectivity index (χ0v) is 31.0. The van der Waals surface area contributed by atoms with E-state index in [2.05, 4.69) is 5.16 Å². The van der Waals surface area contributed by atoms with Crippen LogP contribution in [-0.2, 0) is 44.7 Å². The Morgan fingerprint density at radius 2 is 1.72 bits per heavy atom. The van der Waals surface area contributed by atoms with Gasteiger partial charge in [-0.25, -0.2) is 4.79 Å². The van der Waals surface area contributed by atoms with Crippen LogP contribution in [-0.4, -0.2) is 65.8 Å².